The van der Waals surface area contributed by atoms with Crippen molar-refractivity contribution in [3.05, 3.63) is 81.9 Å². The molecule has 4 nitrogen and oxygen atoms in total. The Bertz CT molecular complexity index is 639. The number of carbonyl (C=O) groups is 1. The Balaban J connectivity index is 1.90. The highest BCUT2D eigenvalue weighted by Crippen LogP contribution is 2.51. The van der Waals surface area contributed by atoms with Gasteiger partial charge in [-0.1, -0.05) is 60.7 Å². The Hall–Kier alpha value is -2.49. The van der Waals surface area contributed by atoms with Gasteiger partial charge in [-0.15, -0.1) is 0 Å². The van der Waals surface area contributed by atoms with E-state index >= 15 is 0 Å². The van der Waals surface area contributed by atoms with Crippen molar-refractivity contribution >= 4 is 5.78 Å². The fraction of sp³-hybridized carbons (Fsp3) is 0.188. The van der Waals surface area contributed by atoms with Crippen molar-refractivity contribution in [3.63, 3.8) is 0 Å². The summed E-state index contributed by atoms with van der Waals surface area (Å²) in [6, 6.07) is 17.2. The molecule has 0 aliphatic heterocycles. The fourth-order valence-electron chi connectivity index (χ4n) is 2.75. The van der Waals surface area contributed by atoms with Gasteiger partial charge >= 0.3 is 0 Å². The number of hydrogen-bond acceptors (Lipinski definition) is 3. The van der Waals surface area contributed by atoms with Crippen LogP contribution in [0.25, 0.3) is 0 Å². The Morgan fingerprint density at radius 1 is 0.950 bits per heavy atom. The van der Waals surface area contributed by atoms with E-state index in [2.05, 4.69) is 0 Å². The average molecular weight is 267 g/mol. The molecule has 0 bridgehead atoms. The van der Waals surface area contributed by atoms with Crippen LogP contribution in [0.5, 0.6) is 0 Å². The van der Waals surface area contributed by atoms with Crippen LogP contribution in [0, 0.1) is 16.0 Å². The Morgan fingerprint density at radius 2 is 1.50 bits per heavy atom. The molecule has 3 atom stereocenters. The van der Waals surface area contributed by atoms with Crippen molar-refractivity contribution in [2.24, 2.45) is 5.92 Å². The van der Waals surface area contributed by atoms with Crippen LogP contribution in [0.1, 0.15) is 21.8 Å². The Kier molecular flexibility index (Phi) is 3.06. The molecule has 0 spiro atoms. The number of hydrogen-bond donors (Lipinski definition) is 0. The fourth-order valence-corrected chi connectivity index (χ4v) is 2.75. The lowest BCUT2D eigenvalue weighted by atomic mass is 10.0. The van der Waals surface area contributed by atoms with Crippen molar-refractivity contribution in [1.82, 2.24) is 0 Å². The van der Waals surface area contributed by atoms with Crippen molar-refractivity contribution in [1.29, 1.82) is 0 Å². The zero-order chi connectivity index (χ0) is 14.1. The molecule has 0 heterocycles. The van der Waals surface area contributed by atoms with Crippen LogP contribution >= 0.6 is 0 Å². The van der Waals surface area contributed by atoms with Gasteiger partial charge in [0.15, 0.2) is 5.78 Å². The van der Waals surface area contributed by atoms with Gasteiger partial charge in [0, 0.05) is 10.5 Å². The largest absolute Gasteiger partial charge is 0.294 e. The lowest BCUT2D eigenvalue weighted by molar-refractivity contribution is -0.498. The lowest BCUT2D eigenvalue weighted by Gasteiger charge is -1.98. The summed E-state index contributed by atoms with van der Waals surface area (Å²) in [4.78, 5) is 23.2. The quantitative estimate of drug-likeness (QED) is 0.486. The van der Waals surface area contributed by atoms with Gasteiger partial charge in [0.2, 0.25) is 6.04 Å². The number of Topliss-reactive ketones (excluding diaryl/α,β-unsaturated/α-hetero) is 1. The molecule has 4 heteroatoms. The standard InChI is InChI=1S/C16H13NO3/c18-16(12-9-5-2-6-10-12)14-13(15(14)17(19)20)11-7-3-1-4-8-11/h1-10,13-15H/t13-,14+,15-/m0/s1. The highest BCUT2D eigenvalue weighted by atomic mass is 16.6. The normalized spacial score (nSPS) is 24.1. The minimum Gasteiger partial charge on any atom is -0.294 e. The minimum absolute atomic E-state index is 0.138. The molecule has 1 saturated carbocycles. The van der Waals surface area contributed by atoms with Gasteiger partial charge < -0.3 is 0 Å². The molecule has 2 aromatic carbocycles. The van der Waals surface area contributed by atoms with Gasteiger partial charge in [0.1, 0.15) is 5.92 Å². The summed E-state index contributed by atoms with van der Waals surface area (Å²) >= 11 is 0. The van der Waals surface area contributed by atoms with Gasteiger partial charge in [0.25, 0.3) is 0 Å². The summed E-state index contributed by atoms with van der Waals surface area (Å²) in [6.45, 7) is 0. The van der Waals surface area contributed by atoms with Crippen LogP contribution in [-0.2, 0) is 0 Å². The van der Waals surface area contributed by atoms with E-state index in [1.54, 1.807) is 24.3 Å². The van der Waals surface area contributed by atoms with Gasteiger partial charge in [0.05, 0.1) is 5.92 Å². The predicted molar refractivity (Wildman–Crippen MR) is 74.2 cm³/mol. The maximum atomic E-state index is 12.4. The zero-order valence-corrected chi connectivity index (χ0v) is 10.7. The molecule has 0 amide bonds. The molecule has 0 unspecified atom stereocenters. The number of carbonyl (C=O) groups excluding carboxylic acids is 1. The summed E-state index contributed by atoms with van der Waals surface area (Å²) in [5.41, 5.74) is 1.41. The molecule has 1 aliphatic carbocycles. The molecule has 2 aromatic rings. The smallest absolute Gasteiger partial charge is 0.231 e. The molecular formula is C16H13NO3. The lowest BCUT2D eigenvalue weighted by Crippen LogP contribution is -2.10. The van der Waals surface area contributed by atoms with E-state index in [0.29, 0.717) is 5.56 Å². The first-order valence-corrected chi connectivity index (χ1v) is 6.48. The van der Waals surface area contributed by atoms with Gasteiger partial charge in [-0.2, -0.15) is 0 Å². The maximum absolute atomic E-state index is 12.4. The molecule has 1 aliphatic rings. The van der Waals surface area contributed by atoms with Crippen LogP contribution in [-0.4, -0.2) is 16.7 Å². The number of nitro groups is 1. The van der Waals surface area contributed by atoms with E-state index in [4.69, 9.17) is 0 Å². The Morgan fingerprint density at radius 3 is 2.05 bits per heavy atom. The van der Waals surface area contributed by atoms with E-state index in [9.17, 15) is 14.9 Å². The summed E-state index contributed by atoms with van der Waals surface area (Å²) in [7, 11) is 0. The monoisotopic (exact) mass is 267 g/mol. The number of rotatable bonds is 4. The molecule has 0 N–H and O–H groups in total. The third-order valence-corrected chi connectivity index (χ3v) is 3.77. The Labute approximate surface area is 116 Å². The van der Waals surface area contributed by atoms with Crippen LogP contribution in [0.2, 0.25) is 0 Å². The van der Waals surface area contributed by atoms with E-state index in [1.165, 1.54) is 0 Å². The second-order valence-electron chi connectivity index (χ2n) is 4.97. The topological polar surface area (TPSA) is 60.2 Å². The highest BCUT2D eigenvalue weighted by Gasteiger charge is 2.64. The number of nitrogens with zero attached hydrogens (tertiary/aromatic N) is 1. The predicted octanol–water partition coefficient (Wildman–Crippen LogP) is 2.93. The summed E-state index contributed by atoms with van der Waals surface area (Å²) in [5, 5.41) is 11.1. The molecule has 1 fully saturated rings. The highest BCUT2D eigenvalue weighted by molar-refractivity contribution is 6.01. The number of benzene rings is 2. The second kappa shape index (κ2) is 4.89. The molecule has 0 saturated heterocycles. The summed E-state index contributed by atoms with van der Waals surface area (Å²) < 4.78 is 0. The van der Waals surface area contributed by atoms with E-state index < -0.39 is 12.0 Å². The first-order chi connectivity index (χ1) is 9.70. The summed E-state index contributed by atoms with van der Waals surface area (Å²) in [6.07, 6.45) is 0. The van der Waals surface area contributed by atoms with Gasteiger partial charge in [-0.25, -0.2) is 0 Å². The van der Waals surface area contributed by atoms with Gasteiger partial charge in [-0.3, -0.25) is 14.9 Å². The molecule has 3 rings (SSSR count). The summed E-state index contributed by atoms with van der Waals surface area (Å²) in [5.74, 6) is -0.991. The van der Waals surface area contributed by atoms with E-state index in [-0.39, 0.29) is 16.6 Å². The van der Waals surface area contributed by atoms with Crippen LogP contribution in [0.4, 0.5) is 0 Å². The SMILES string of the molecule is O=C(c1ccccc1)[C@@H]1[C@H](c2ccccc2)[C@@H]1[N+](=O)[O-]. The third-order valence-electron chi connectivity index (χ3n) is 3.77. The van der Waals surface area contributed by atoms with Crippen molar-refractivity contribution in [2.75, 3.05) is 0 Å². The molecular weight excluding hydrogens is 254 g/mol. The van der Waals surface area contributed by atoms with Crippen molar-refractivity contribution < 1.29 is 9.72 Å². The molecule has 0 radical (unpaired) electrons. The van der Waals surface area contributed by atoms with Gasteiger partial charge in [-0.05, 0) is 5.56 Å². The van der Waals surface area contributed by atoms with Crippen LogP contribution in [0.3, 0.4) is 0 Å². The zero-order valence-electron chi connectivity index (χ0n) is 10.7. The second-order valence-corrected chi connectivity index (χ2v) is 4.97. The molecule has 100 valence electrons. The third kappa shape index (κ3) is 2.09. The first-order valence-electron chi connectivity index (χ1n) is 6.48. The first kappa shape index (κ1) is 12.5. The average Bonchev–Trinajstić information content (AvgIpc) is 3.24. The van der Waals surface area contributed by atoms with Crippen LogP contribution < -0.4 is 0 Å². The molecule has 0 aromatic heterocycles. The number of ketones is 1. The minimum atomic E-state index is -0.801. The maximum Gasteiger partial charge on any atom is 0.231 e. The van der Waals surface area contributed by atoms with E-state index in [1.807, 2.05) is 36.4 Å². The van der Waals surface area contributed by atoms with Crippen molar-refractivity contribution in [2.45, 2.75) is 12.0 Å². The molecule has 20 heavy (non-hydrogen) atoms. The van der Waals surface area contributed by atoms with Crippen molar-refractivity contribution in [3.8, 4) is 0 Å². The van der Waals surface area contributed by atoms with E-state index in [0.717, 1.165) is 5.56 Å². The van der Waals surface area contributed by atoms with Crippen LogP contribution in [0.15, 0.2) is 60.7 Å².